The number of halogens is 6. The van der Waals surface area contributed by atoms with Gasteiger partial charge in [-0.3, -0.25) is 0 Å². The summed E-state index contributed by atoms with van der Waals surface area (Å²) in [6.45, 7) is 3.22. The SMILES string of the molecule is CCCNc1sc(C(F)(F)F)cc1OC1CCN(Oc2ccc(C(F)(F)F)cn2)CC1. The van der Waals surface area contributed by atoms with E-state index in [0.717, 1.165) is 24.6 Å². The van der Waals surface area contributed by atoms with Crippen molar-refractivity contribution in [2.24, 2.45) is 0 Å². The van der Waals surface area contributed by atoms with Crippen LogP contribution < -0.4 is 14.9 Å². The van der Waals surface area contributed by atoms with E-state index in [2.05, 4.69) is 10.3 Å². The van der Waals surface area contributed by atoms with Crippen molar-refractivity contribution < 1.29 is 35.9 Å². The summed E-state index contributed by atoms with van der Waals surface area (Å²) >= 11 is 0.616. The largest absolute Gasteiger partial charge is 0.487 e. The van der Waals surface area contributed by atoms with E-state index >= 15 is 0 Å². The van der Waals surface area contributed by atoms with Crippen LogP contribution in [0.25, 0.3) is 0 Å². The standard InChI is InChI=1S/C19H21F6N3O2S/c1-2-7-26-17-14(10-15(31-17)19(23,24)25)29-13-5-8-28(9-6-13)30-16-4-3-12(11-27-16)18(20,21)22/h3-4,10-11,13,26H,2,5-9H2,1H3. The molecule has 1 fully saturated rings. The molecule has 1 saturated heterocycles. The lowest BCUT2D eigenvalue weighted by atomic mass is 10.1. The summed E-state index contributed by atoms with van der Waals surface area (Å²) in [5.41, 5.74) is -0.867. The van der Waals surface area contributed by atoms with Gasteiger partial charge in [-0.1, -0.05) is 6.92 Å². The van der Waals surface area contributed by atoms with E-state index in [0.29, 0.717) is 55.0 Å². The third-order valence-electron chi connectivity index (χ3n) is 4.49. The molecule has 31 heavy (non-hydrogen) atoms. The number of nitrogens with zero attached hydrogens (tertiary/aromatic N) is 2. The van der Waals surface area contributed by atoms with Crippen LogP contribution in [-0.2, 0) is 12.4 Å². The van der Waals surface area contributed by atoms with Crippen LogP contribution in [-0.4, -0.2) is 35.8 Å². The molecule has 0 aromatic carbocycles. The molecule has 3 heterocycles. The minimum absolute atomic E-state index is 0.0334. The highest BCUT2D eigenvalue weighted by Crippen LogP contribution is 2.44. The predicted molar refractivity (Wildman–Crippen MR) is 103 cm³/mol. The summed E-state index contributed by atoms with van der Waals surface area (Å²) in [4.78, 5) is 8.42. The molecule has 0 radical (unpaired) electrons. The Morgan fingerprint density at radius 1 is 1.13 bits per heavy atom. The molecule has 0 spiro atoms. The van der Waals surface area contributed by atoms with Crippen LogP contribution in [0.2, 0.25) is 0 Å². The number of hydrogen-bond acceptors (Lipinski definition) is 6. The van der Waals surface area contributed by atoms with Gasteiger partial charge in [-0.25, -0.2) is 4.98 Å². The summed E-state index contributed by atoms with van der Waals surface area (Å²) in [7, 11) is 0. The lowest BCUT2D eigenvalue weighted by Gasteiger charge is -2.31. The molecule has 5 nitrogen and oxygen atoms in total. The van der Waals surface area contributed by atoms with Gasteiger partial charge < -0.3 is 14.9 Å². The number of aromatic nitrogens is 1. The van der Waals surface area contributed by atoms with Crippen molar-refractivity contribution in [2.45, 2.75) is 44.6 Å². The molecule has 3 rings (SSSR count). The van der Waals surface area contributed by atoms with E-state index in [1.54, 1.807) is 5.06 Å². The molecule has 1 aliphatic rings. The average Bonchev–Trinajstić information content (AvgIpc) is 3.11. The Labute approximate surface area is 178 Å². The average molecular weight is 469 g/mol. The Balaban J connectivity index is 1.56. The second-order valence-corrected chi connectivity index (χ2v) is 8.00. The van der Waals surface area contributed by atoms with Crippen molar-refractivity contribution in [3.05, 3.63) is 34.8 Å². The lowest BCUT2D eigenvalue weighted by molar-refractivity contribution is -0.138. The van der Waals surface area contributed by atoms with Crippen molar-refractivity contribution in [2.75, 3.05) is 25.0 Å². The topological polar surface area (TPSA) is 46.6 Å². The molecule has 0 bridgehead atoms. The van der Waals surface area contributed by atoms with Crippen molar-refractivity contribution in [1.82, 2.24) is 10.0 Å². The van der Waals surface area contributed by atoms with Gasteiger partial charge in [0.15, 0.2) is 5.75 Å². The van der Waals surface area contributed by atoms with Gasteiger partial charge in [-0.15, -0.1) is 16.4 Å². The molecule has 12 heteroatoms. The summed E-state index contributed by atoms with van der Waals surface area (Å²) in [6.07, 6.45) is -6.81. The van der Waals surface area contributed by atoms with Crippen LogP contribution in [0, 0.1) is 0 Å². The van der Waals surface area contributed by atoms with E-state index in [4.69, 9.17) is 9.57 Å². The Morgan fingerprint density at radius 3 is 2.39 bits per heavy atom. The zero-order valence-electron chi connectivity index (χ0n) is 16.5. The van der Waals surface area contributed by atoms with Crippen LogP contribution >= 0.6 is 11.3 Å². The van der Waals surface area contributed by atoms with E-state index in [1.807, 2.05) is 6.92 Å². The molecule has 0 unspecified atom stereocenters. The normalized spacial score (nSPS) is 16.4. The van der Waals surface area contributed by atoms with E-state index < -0.39 is 22.8 Å². The molecular weight excluding hydrogens is 448 g/mol. The molecule has 2 aromatic heterocycles. The van der Waals surface area contributed by atoms with Gasteiger partial charge in [0.05, 0.1) is 5.56 Å². The molecule has 0 amide bonds. The highest BCUT2D eigenvalue weighted by molar-refractivity contribution is 7.16. The van der Waals surface area contributed by atoms with Crippen LogP contribution in [0.1, 0.15) is 36.6 Å². The first-order valence-electron chi connectivity index (χ1n) is 9.64. The molecule has 172 valence electrons. The fourth-order valence-corrected chi connectivity index (χ4v) is 3.80. The number of thiophene rings is 1. The van der Waals surface area contributed by atoms with Gasteiger partial charge in [-0.05, 0) is 12.5 Å². The summed E-state index contributed by atoms with van der Waals surface area (Å²) in [5.74, 6) is 0.209. The fraction of sp³-hybridized carbons (Fsp3) is 0.526. The molecule has 0 atom stereocenters. The fourth-order valence-electron chi connectivity index (χ4n) is 2.92. The maximum absolute atomic E-state index is 13.1. The minimum Gasteiger partial charge on any atom is -0.487 e. The van der Waals surface area contributed by atoms with Crippen molar-refractivity contribution >= 4 is 16.3 Å². The maximum Gasteiger partial charge on any atom is 0.425 e. The van der Waals surface area contributed by atoms with E-state index in [1.165, 1.54) is 0 Å². The second-order valence-electron chi connectivity index (χ2n) is 6.95. The first kappa shape index (κ1) is 23.5. The smallest absolute Gasteiger partial charge is 0.425 e. The molecule has 1 N–H and O–H groups in total. The Kier molecular flexibility index (Phi) is 7.20. The molecule has 1 aliphatic heterocycles. The van der Waals surface area contributed by atoms with Crippen molar-refractivity contribution in [3.63, 3.8) is 0 Å². The highest BCUT2D eigenvalue weighted by atomic mass is 32.1. The van der Waals surface area contributed by atoms with Crippen molar-refractivity contribution in [1.29, 1.82) is 0 Å². The van der Waals surface area contributed by atoms with Crippen LogP contribution in [0.5, 0.6) is 11.6 Å². The number of hydroxylamine groups is 2. The third-order valence-corrected chi connectivity index (χ3v) is 5.61. The third kappa shape index (κ3) is 6.39. The van der Waals surface area contributed by atoms with E-state index in [9.17, 15) is 26.3 Å². The maximum atomic E-state index is 13.1. The molecule has 0 saturated carbocycles. The highest BCUT2D eigenvalue weighted by Gasteiger charge is 2.35. The minimum atomic E-state index is -4.47. The van der Waals surface area contributed by atoms with Crippen LogP contribution in [0.15, 0.2) is 24.4 Å². The number of piperidine rings is 1. The number of anilines is 1. The Morgan fingerprint density at radius 2 is 1.84 bits per heavy atom. The van der Waals surface area contributed by atoms with E-state index in [-0.39, 0.29) is 17.7 Å². The lowest BCUT2D eigenvalue weighted by Crippen LogP contribution is -2.40. The van der Waals surface area contributed by atoms with Gasteiger partial charge in [0, 0.05) is 50.8 Å². The van der Waals surface area contributed by atoms with Crippen molar-refractivity contribution in [3.8, 4) is 11.6 Å². The van der Waals surface area contributed by atoms with Gasteiger partial charge in [0.2, 0.25) is 5.88 Å². The zero-order chi connectivity index (χ0) is 22.6. The summed E-state index contributed by atoms with van der Waals surface area (Å²) in [6, 6.07) is 3.04. The first-order chi connectivity index (χ1) is 14.6. The monoisotopic (exact) mass is 469 g/mol. The number of hydrogen-bond donors (Lipinski definition) is 1. The summed E-state index contributed by atoms with van der Waals surface area (Å²) in [5, 5.41) is 4.86. The molecule has 2 aromatic rings. The van der Waals surface area contributed by atoms with Gasteiger partial charge in [0.25, 0.3) is 0 Å². The van der Waals surface area contributed by atoms with Gasteiger partial charge in [-0.2, -0.15) is 26.3 Å². The van der Waals surface area contributed by atoms with Crippen LogP contribution in [0.4, 0.5) is 31.3 Å². The van der Waals surface area contributed by atoms with Crippen LogP contribution in [0.3, 0.4) is 0 Å². The summed E-state index contributed by atoms with van der Waals surface area (Å²) < 4.78 is 82.8. The Bertz CT molecular complexity index is 846. The molecule has 0 aliphatic carbocycles. The number of pyridine rings is 1. The number of alkyl halides is 6. The second kappa shape index (κ2) is 9.51. The number of rotatable bonds is 7. The van der Waals surface area contributed by atoms with Gasteiger partial charge in [0.1, 0.15) is 16.0 Å². The number of ether oxygens (including phenoxy) is 1. The predicted octanol–water partition coefficient (Wildman–Crippen LogP) is 5.84. The number of nitrogens with one attached hydrogen (secondary N) is 1. The van der Waals surface area contributed by atoms with Gasteiger partial charge >= 0.3 is 12.4 Å². The molecular formula is C19H21F6N3O2S. The quantitative estimate of drug-likeness (QED) is 0.517. The zero-order valence-corrected chi connectivity index (χ0v) is 17.3. The first-order valence-corrected chi connectivity index (χ1v) is 10.5. The Hall–Kier alpha value is -2.21.